The van der Waals surface area contributed by atoms with E-state index in [1.807, 2.05) is 42.1 Å². The first-order valence-corrected chi connectivity index (χ1v) is 8.40. The van der Waals surface area contributed by atoms with Gasteiger partial charge in [0, 0.05) is 28.9 Å². The SMILES string of the molecule is Cc1cc(Cn2ncc3cc(NC4=NCc5cccnc54)ccc32)no1. The number of nitrogens with one attached hydrogen (secondary N) is 1. The summed E-state index contributed by atoms with van der Waals surface area (Å²) in [7, 11) is 0. The number of hydrogen-bond donors (Lipinski definition) is 1. The van der Waals surface area contributed by atoms with E-state index in [9.17, 15) is 0 Å². The number of fused-ring (bicyclic) bond motifs is 2. The molecule has 7 nitrogen and oxygen atoms in total. The molecule has 0 saturated heterocycles. The van der Waals surface area contributed by atoms with Gasteiger partial charge in [0.1, 0.15) is 17.1 Å². The molecule has 1 aromatic carbocycles. The van der Waals surface area contributed by atoms with Crippen LogP contribution in [0.15, 0.2) is 58.3 Å². The van der Waals surface area contributed by atoms with Crippen LogP contribution in [0.25, 0.3) is 10.9 Å². The lowest BCUT2D eigenvalue weighted by atomic mass is 10.2. The molecule has 128 valence electrons. The number of hydrogen-bond acceptors (Lipinski definition) is 6. The number of nitrogens with zero attached hydrogens (tertiary/aromatic N) is 5. The molecule has 0 unspecified atom stereocenters. The summed E-state index contributed by atoms with van der Waals surface area (Å²) >= 11 is 0. The Morgan fingerprint density at radius 2 is 2.19 bits per heavy atom. The number of aryl methyl sites for hydroxylation is 1. The van der Waals surface area contributed by atoms with Crippen molar-refractivity contribution in [2.75, 3.05) is 5.32 Å². The number of pyridine rings is 1. The number of anilines is 1. The van der Waals surface area contributed by atoms with Gasteiger partial charge in [-0.25, -0.2) is 0 Å². The van der Waals surface area contributed by atoms with Crippen LogP contribution in [0.5, 0.6) is 0 Å². The minimum atomic E-state index is 0.581. The second-order valence-corrected chi connectivity index (χ2v) is 6.31. The van der Waals surface area contributed by atoms with E-state index in [1.54, 1.807) is 6.20 Å². The smallest absolute Gasteiger partial charge is 0.152 e. The Hall–Kier alpha value is -3.48. The van der Waals surface area contributed by atoms with Gasteiger partial charge in [0.25, 0.3) is 0 Å². The van der Waals surface area contributed by atoms with Gasteiger partial charge in [-0.1, -0.05) is 11.2 Å². The monoisotopic (exact) mass is 344 g/mol. The van der Waals surface area contributed by atoms with Crippen molar-refractivity contribution in [3.05, 3.63) is 71.5 Å². The van der Waals surface area contributed by atoms with Crippen LogP contribution in [0.2, 0.25) is 0 Å². The predicted octanol–water partition coefficient (Wildman–Crippen LogP) is 3.15. The zero-order chi connectivity index (χ0) is 17.5. The third-order valence-electron chi connectivity index (χ3n) is 4.42. The van der Waals surface area contributed by atoms with Gasteiger partial charge in [0.15, 0.2) is 5.84 Å². The highest BCUT2D eigenvalue weighted by Crippen LogP contribution is 2.22. The van der Waals surface area contributed by atoms with Gasteiger partial charge in [0.2, 0.25) is 0 Å². The van der Waals surface area contributed by atoms with E-state index in [4.69, 9.17) is 4.52 Å². The highest BCUT2D eigenvalue weighted by Gasteiger charge is 2.17. The van der Waals surface area contributed by atoms with Crippen molar-refractivity contribution >= 4 is 22.4 Å². The Balaban J connectivity index is 1.41. The number of benzene rings is 1. The minimum Gasteiger partial charge on any atom is -0.361 e. The van der Waals surface area contributed by atoms with Gasteiger partial charge in [-0.05, 0) is 31.2 Å². The van der Waals surface area contributed by atoms with E-state index in [-0.39, 0.29) is 0 Å². The molecule has 0 radical (unpaired) electrons. The van der Waals surface area contributed by atoms with Crippen molar-refractivity contribution in [2.24, 2.45) is 4.99 Å². The summed E-state index contributed by atoms with van der Waals surface area (Å²) < 4.78 is 7.04. The molecule has 5 rings (SSSR count). The number of aromatic nitrogens is 4. The topological polar surface area (TPSA) is 81.1 Å². The molecule has 3 aromatic heterocycles. The minimum absolute atomic E-state index is 0.581. The molecule has 26 heavy (non-hydrogen) atoms. The van der Waals surface area contributed by atoms with Crippen molar-refractivity contribution in [1.29, 1.82) is 0 Å². The van der Waals surface area contributed by atoms with Gasteiger partial charge in [-0.3, -0.25) is 14.7 Å². The van der Waals surface area contributed by atoms with Crippen LogP contribution in [-0.2, 0) is 13.1 Å². The summed E-state index contributed by atoms with van der Waals surface area (Å²) in [6.07, 6.45) is 3.65. The Morgan fingerprint density at radius 1 is 1.23 bits per heavy atom. The van der Waals surface area contributed by atoms with Crippen LogP contribution >= 0.6 is 0 Å². The van der Waals surface area contributed by atoms with E-state index in [0.29, 0.717) is 13.1 Å². The predicted molar refractivity (Wildman–Crippen MR) is 98.2 cm³/mol. The quantitative estimate of drug-likeness (QED) is 0.617. The molecule has 1 aliphatic rings. The summed E-state index contributed by atoms with van der Waals surface area (Å²) in [6, 6.07) is 12.1. The molecule has 4 heterocycles. The maximum Gasteiger partial charge on any atom is 0.152 e. The van der Waals surface area contributed by atoms with Gasteiger partial charge >= 0.3 is 0 Å². The molecule has 0 fully saturated rings. The fourth-order valence-electron chi connectivity index (χ4n) is 3.19. The zero-order valence-electron chi connectivity index (χ0n) is 14.2. The molecular formula is C19H16N6O. The van der Waals surface area contributed by atoms with Gasteiger partial charge in [-0.2, -0.15) is 5.10 Å². The number of amidine groups is 1. The standard InChI is InChI=1S/C19H16N6O/c1-12-7-16(24-26-12)11-25-17-5-4-15(8-14(17)10-22-25)23-19-18-13(9-21-19)3-2-6-20-18/h2-8,10H,9,11H2,1H3,(H,21,23). The fourth-order valence-corrected chi connectivity index (χ4v) is 3.19. The van der Waals surface area contributed by atoms with Crippen molar-refractivity contribution in [2.45, 2.75) is 20.0 Å². The van der Waals surface area contributed by atoms with Crippen LogP contribution in [0.3, 0.4) is 0 Å². The number of aliphatic imine (C=N–C) groups is 1. The largest absolute Gasteiger partial charge is 0.361 e. The Bertz CT molecular complexity index is 1140. The highest BCUT2D eigenvalue weighted by molar-refractivity contribution is 6.09. The maximum atomic E-state index is 5.13. The van der Waals surface area contributed by atoms with E-state index in [0.717, 1.165) is 45.1 Å². The van der Waals surface area contributed by atoms with Crippen molar-refractivity contribution in [3.8, 4) is 0 Å². The van der Waals surface area contributed by atoms with Crippen LogP contribution in [0.1, 0.15) is 22.7 Å². The Kier molecular flexibility index (Phi) is 3.31. The summed E-state index contributed by atoms with van der Waals surface area (Å²) in [6.45, 7) is 3.13. The molecule has 7 heteroatoms. The van der Waals surface area contributed by atoms with Gasteiger partial charge < -0.3 is 9.84 Å². The summed E-state index contributed by atoms with van der Waals surface area (Å²) in [4.78, 5) is 8.97. The van der Waals surface area contributed by atoms with Crippen LogP contribution in [0, 0.1) is 6.92 Å². The number of rotatable bonds is 3. The third kappa shape index (κ3) is 2.54. The average molecular weight is 344 g/mol. The normalized spacial score (nSPS) is 13.0. The second kappa shape index (κ2) is 5.80. The molecule has 0 bridgehead atoms. The van der Waals surface area contributed by atoms with Gasteiger partial charge in [-0.15, -0.1) is 0 Å². The molecule has 4 aromatic rings. The second-order valence-electron chi connectivity index (χ2n) is 6.31. The first-order chi connectivity index (χ1) is 12.8. The third-order valence-corrected chi connectivity index (χ3v) is 4.42. The van der Waals surface area contributed by atoms with Crippen LogP contribution in [-0.4, -0.2) is 25.8 Å². The molecule has 0 saturated carbocycles. The lowest BCUT2D eigenvalue weighted by Crippen LogP contribution is -2.13. The molecule has 1 aliphatic heterocycles. The molecule has 0 spiro atoms. The summed E-state index contributed by atoms with van der Waals surface area (Å²) in [5, 5.41) is 12.9. The molecule has 1 N–H and O–H groups in total. The molecule has 0 amide bonds. The lowest BCUT2D eigenvalue weighted by Gasteiger charge is -2.07. The average Bonchev–Trinajstić information content (AvgIpc) is 3.36. The molecule has 0 atom stereocenters. The van der Waals surface area contributed by atoms with Gasteiger partial charge in [0.05, 0.1) is 24.8 Å². The maximum absolute atomic E-state index is 5.13. The first-order valence-electron chi connectivity index (χ1n) is 8.40. The zero-order valence-corrected chi connectivity index (χ0v) is 14.2. The summed E-state index contributed by atoms with van der Waals surface area (Å²) in [5.74, 6) is 1.61. The van der Waals surface area contributed by atoms with E-state index < -0.39 is 0 Å². The van der Waals surface area contributed by atoms with E-state index in [1.165, 1.54) is 0 Å². The van der Waals surface area contributed by atoms with Crippen LogP contribution < -0.4 is 5.32 Å². The highest BCUT2D eigenvalue weighted by atomic mass is 16.5. The first kappa shape index (κ1) is 14.8. The van der Waals surface area contributed by atoms with Crippen molar-refractivity contribution in [3.63, 3.8) is 0 Å². The molecule has 0 aliphatic carbocycles. The van der Waals surface area contributed by atoms with Crippen molar-refractivity contribution < 1.29 is 4.52 Å². The summed E-state index contributed by atoms with van der Waals surface area (Å²) in [5.41, 5.74) is 4.93. The Morgan fingerprint density at radius 3 is 3.08 bits per heavy atom. The molecular weight excluding hydrogens is 328 g/mol. The Labute approximate surface area is 149 Å². The van der Waals surface area contributed by atoms with E-state index in [2.05, 4.69) is 37.7 Å². The van der Waals surface area contributed by atoms with Crippen molar-refractivity contribution in [1.82, 2.24) is 19.9 Å². The fraction of sp³-hybridized carbons (Fsp3) is 0.158. The van der Waals surface area contributed by atoms with Crippen LogP contribution in [0.4, 0.5) is 5.69 Å². The van der Waals surface area contributed by atoms with E-state index >= 15 is 0 Å². The lowest BCUT2D eigenvalue weighted by molar-refractivity contribution is 0.388.